The van der Waals surface area contributed by atoms with Crippen LogP contribution in [0.4, 0.5) is 0 Å². The zero-order valence-corrected chi connectivity index (χ0v) is 29.4. The molecule has 0 aliphatic rings. The molecule has 0 saturated heterocycles. The van der Waals surface area contributed by atoms with Gasteiger partial charge in [0.2, 0.25) is 5.95 Å². The van der Waals surface area contributed by atoms with Crippen LogP contribution in [-0.2, 0) is 5.41 Å². The van der Waals surface area contributed by atoms with E-state index in [0.29, 0.717) is 0 Å². The van der Waals surface area contributed by atoms with Crippen LogP contribution in [0.25, 0.3) is 72.3 Å². The van der Waals surface area contributed by atoms with Crippen molar-refractivity contribution in [2.45, 2.75) is 47.0 Å². The van der Waals surface area contributed by atoms with E-state index in [9.17, 15) is 0 Å². The molecule has 4 aromatic heterocycles. The standard InChI is InChI=1S/C45H39N5/c1-28-21-22-32(45(4,5)6)26-36(28)31-15-12-16-33(25-31)49-39-19-9-7-17-34(39)37-27-38-35-18-8-10-20-40(35)50(43(38)47-42(37)49)44-46-23-24-48(44)41-29(2)13-11-14-30(41)3/h7-27H,1-6H3. The molecule has 0 amide bonds. The van der Waals surface area contributed by atoms with Gasteiger partial charge in [-0.15, -0.1) is 0 Å². The first-order valence-corrected chi connectivity index (χ1v) is 17.3. The van der Waals surface area contributed by atoms with Gasteiger partial charge in [-0.05, 0) is 89.9 Å². The van der Waals surface area contributed by atoms with Crippen molar-refractivity contribution in [2.24, 2.45) is 0 Å². The van der Waals surface area contributed by atoms with Crippen LogP contribution in [0, 0.1) is 20.8 Å². The van der Waals surface area contributed by atoms with Crippen molar-refractivity contribution >= 4 is 43.9 Å². The third kappa shape index (κ3) is 4.53. The predicted octanol–water partition coefficient (Wildman–Crippen LogP) is 11.4. The van der Waals surface area contributed by atoms with Crippen molar-refractivity contribution in [3.8, 4) is 28.5 Å². The molecule has 4 heterocycles. The van der Waals surface area contributed by atoms with Gasteiger partial charge >= 0.3 is 0 Å². The first kappa shape index (κ1) is 30.1. The van der Waals surface area contributed by atoms with E-state index in [1.54, 1.807) is 0 Å². The van der Waals surface area contributed by atoms with Gasteiger partial charge in [0, 0.05) is 39.6 Å². The second kappa shape index (κ2) is 11.0. The van der Waals surface area contributed by atoms with E-state index in [1.807, 2.05) is 6.20 Å². The summed E-state index contributed by atoms with van der Waals surface area (Å²) >= 11 is 0. The Labute approximate surface area is 292 Å². The largest absolute Gasteiger partial charge is 0.294 e. The van der Waals surface area contributed by atoms with Crippen LogP contribution in [0.2, 0.25) is 0 Å². The van der Waals surface area contributed by atoms with E-state index in [-0.39, 0.29) is 5.41 Å². The molecule has 50 heavy (non-hydrogen) atoms. The molecule has 9 aromatic rings. The number of aryl methyl sites for hydroxylation is 3. The fourth-order valence-corrected chi connectivity index (χ4v) is 7.75. The van der Waals surface area contributed by atoms with Crippen LogP contribution in [0.5, 0.6) is 0 Å². The van der Waals surface area contributed by atoms with Gasteiger partial charge < -0.3 is 0 Å². The number of rotatable bonds is 4. The highest BCUT2D eigenvalue weighted by molar-refractivity contribution is 6.16. The van der Waals surface area contributed by atoms with Gasteiger partial charge in [0.15, 0.2) is 0 Å². The Kier molecular flexibility index (Phi) is 6.66. The summed E-state index contributed by atoms with van der Waals surface area (Å²) in [5.41, 5.74) is 13.7. The minimum Gasteiger partial charge on any atom is -0.294 e. The van der Waals surface area contributed by atoms with Crippen LogP contribution >= 0.6 is 0 Å². The number of hydrogen-bond donors (Lipinski definition) is 0. The number of pyridine rings is 1. The molecule has 9 rings (SSSR count). The second-order valence-electron chi connectivity index (χ2n) is 14.6. The Morgan fingerprint density at radius 2 is 1.20 bits per heavy atom. The van der Waals surface area contributed by atoms with Gasteiger partial charge in [-0.25, -0.2) is 9.97 Å². The van der Waals surface area contributed by atoms with Gasteiger partial charge in [-0.1, -0.05) is 106 Å². The molecular weight excluding hydrogens is 611 g/mol. The molecule has 5 heteroatoms. The van der Waals surface area contributed by atoms with Crippen LogP contribution < -0.4 is 0 Å². The van der Waals surface area contributed by atoms with Gasteiger partial charge in [0.05, 0.1) is 16.7 Å². The quantitative estimate of drug-likeness (QED) is 0.190. The predicted molar refractivity (Wildman–Crippen MR) is 208 cm³/mol. The van der Waals surface area contributed by atoms with Crippen molar-refractivity contribution in [1.82, 2.24) is 23.7 Å². The summed E-state index contributed by atoms with van der Waals surface area (Å²) in [6.07, 6.45) is 3.95. The molecular formula is C45H39N5. The maximum atomic E-state index is 5.60. The summed E-state index contributed by atoms with van der Waals surface area (Å²) < 4.78 is 6.77. The SMILES string of the molecule is Cc1ccc(C(C)(C)C)cc1-c1cccc(-n2c3ccccc3c3cc4c5ccccc5n(-c5nccn5-c5c(C)cccc5C)c4nc32)c1. The van der Waals surface area contributed by atoms with Crippen molar-refractivity contribution in [2.75, 3.05) is 0 Å². The van der Waals surface area contributed by atoms with Crippen molar-refractivity contribution in [3.05, 3.63) is 150 Å². The molecule has 5 aromatic carbocycles. The fraction of sp³-hybridized carbons (Fsp3) is 0.156. The van der Waals surface area contributed by atoms with E-state index in [4.69, 9.17) is 9.97 Å². The third-order valence-corrected chi connectivity index (χ3v) is 10.3. The lowest BCUT2D eigenvalue weighted by Gasteiger charge is -2.21. The van der Waals surface area contributed by atoms with E-state index in [2.05, 4.69) is 177 Å². The highest BCUT2D eigenvalue weighted by atomic mass is 15.3. The van der Waals surface area contributed by atoms with Gasteiger partial charge in [-0.3, -0.25) is 13.7 Å². The molecule has 0 atom stereocenters. The lowest BCUT2D eigenvalue weighted by atomic mass is 9.84. The molecule has 0 aliphatic carbocycles. The van der Waals surface area contributed by atoms with Crippen molar-refractivity contribution in [3.63, 3.8) is 0 Å². The van der Waals surface area contributed by atoms with Gasteiger partial charge in [0.1, 0.15) is 11.3 Å². The molecule has 5 nitrogen and oxygen atoms in total. The first-order chi connectivity index (χ1) is 24.2. The van der Waals surface area contributed by atoms with E-state index >= 15 is 0 Å². The number of aromatic nitrogens is 5. The Morgan fingerprint density at radius 3 is 1.90 bits per heavy atom. The third-order valence-electron chi connectivity index (χ3n) is 10.3. The lowest BCUT2D eigenvalue weighted by Crippen LogP contribution is -2.11. The van der Waals surface area contributed by atoms with Crippen molar-refractivity contribution < 1.29 is 0 Å². The fourth-order valence-electron chi connectivity index (χ4n) is 7.75. The topological polar surface area (TPSA) is 40.6 Å². The summed E-state index contributed by atoms with van der Waals surface area (Å²) in [5, 5.41) is 4.57. The summed E-state index contributed by atoms with van der Waals surface area (Å²) in [5.74, 6) is 0.819. The maximum Gasteiger partial charge on any atom is 0.220 e. The average molecular weight is 650 g/mol. The summed E-state index contributed by atoms with van der Waals surface area (Å²) in [6, 6.07) is 41.8. The van der Waals surface area contributed by atoms with Crippen molar-refractivity contribution in [1.29, 1.82) is 0 Å². The zero-order valence-electron chi connectivity index (χ0n) is 29.4. The van der Waals surface area contributed by atoms with Gasteiger partial charge in [0.25, 0.3) is 0 Å². The molecule has 244 valence electrons. The second-order valence-corrected chi connectivity index (χ2v) is 14.6. The molecule has 0 radical (unpaired) electrons. The highest BCUT2D eigenvalue weighted by Crippen LogP contribution is 2.39. The van der Waals surface area contributed by atoms with Crippen LogP contribution in [0.3, 0.4) is 0 Å². The van der Waals surface area contributed by atoms with E-state index in [0.717, 1.165) is 55.8 Å². The number of imidazole rings is 1. The Morgan fingerprint density at radius 1 is 0.560 bits per heavy atom. The smallest absolute Gasteiger partial charge is 0.220 e. The number of fused-ring (bicyclic) bond motifs is 6. The molecule has 0 unspecified atom stereocenters. The molecule has 0 fully saturated rings. The molecule has 0 aliphatic heterocycles. The maximum absolute atomic E-state index is 5.60. The highest BCUT2D eigenvalue weighted by Gasteiger charge is 2.23. The number of benzene rings is 5. The Hall–Kier alpha value is -5.94. The number of nitrogens with zero attached hydrogens (tertiary/aromatic N) is 5. The normalized spacial score (nSPS) is 12.2. The van der Waals surface area contributed by atoms with Crippen LogP contribution in [0.15, 0.2) is 128 Å². The van der Waals surface area contributed by atoms with Crippen LogP contribution in [-0.4, -0.2) is 23.7 Å². The number of para-hydroxylation sites is 3. The van der Waals surface area contributed by atoms with Gasteiger partial charge in [-0.2, -0.15) is 0 Å². The summed E-state index contributed by atoms with van der Waals surface area (Å²) in [4.78, 5) is 10.6. The zero-order chi connectivity index (χ0) is 34.3. The van der Waals surface area contributed by atoms with Crippen LogP contribution in [0.1, 0.15) is 43.0 Å². The molecule has 0 saturated carbocycles. The van der Waals surface area contributed by atoms with E-state index in [1.165, 1.54) is 38.8 Å². The Balaban J connectivity index is 1.34. The molecule has 0 N–H and O–H groups in total. The minimum atomic E-state index is 0.0628. The minimum absolute atomic E-state index is 0.0628. The number of hydrogen-bond acceptors (Lipinski definition) is 2. The first-order valence-electron chi connectivity index (χ1n) is 17.3. The monoisotopic (exact) mass is 649 g/mol. The van der Waals surface area contributed by atoms with E-state index < -0.39 is 0 Å². The summed E-state index contributed by atoms with van der Waals surface area (Å²) in [7, 11) is 0. The summed E-state index contributed by atoms with van der Waals surface area (Å²) in [6.45, 7) is 13.3. The molecule has 0 bridgehead atoms. The molecule has 0 spiro atoms. The lowest BCUT2D eigenvalue weighted by molar-refractivity contribution is 0.590. The Bertz CT molecular complexity index is 2760. The average Bonchev–Trinajstić information content (AvgIpc) is 3.79.